The van der Waals surface area contributed by atoms with Crippen molar-refractivity contribution in [1.29, 1.82) is 0 Å². The van der Waals surface area contributed by atoms with E-state index in [4.69, 9.17) is 5.73 Å². The molecule has 2 atom stereocenters. The highest BCUT2D eigenvalue weighted by molar-refractivity contribution is 5.66. The molecule has 2 saturated heterocycles. The first kappa shape index (κ1) is 11.8. The van der Waals surface area contributed by atoms with Gasteiger partial charge < -0.3 is 15.5 Å². The molecule has 2 N–H and O–H groups in total. The van der Waals surface area contributed by atoms with E-state index in [9.17, 15) is 0 Å². The van der Waals surface area contributed by atoms with Gasteiger partial charge in [-0.2, -0.15) is 0 Å². The average molecular weight is 246 g/mol. The number of hydrogen-bond acceptors (Lipinski definition) is 4. The van der Waals surface area contributed by atoms with Gasteiger partial charge in [-0.05, 0) is 44.8 Å². The molecule has 2 aliphatic rings. The monoisotopic (exact) mass is 246 g/mol. The molecular formula is C14H22N4. The third-order valence-electron chi connectivity index (χ3n) is 4.51. The van der Waals surface area contributed by atoms with Crippen molar-refractivity contribution in [1.82, 2.24) is 9.88 Å². The van der Waals surface area contributed by atoms with Crippen molar-refractivity contribution in [3.05, 3.63) is 18.5 Å². The summed E-state index contributed by atoms with van der Waals surface area (Å²) in [6.45, 7) is 3.52. The predicted octanol–water partition coefficient (Wildman–Crippen LogP) is 1.58. The van der Waals surface area contributed by atoms with E-state index in [1.54, 1.807) is 6.20 Å². The van der Waals surface area contributed by atoms with Crippen molar-refractivity contribution in [3.8, 4) is 0 Å². The second kappa shape index (κ2) is 4.76. The van der Waals surface area contributed by atoms with Crippen LogP contribution in [-0.2, 0) is 0 Å². The normalized spacial score (nSPS) is 29.1. The Bertz CT molecular complexity index is 420. The highest BCUT2D eigenvalue weighted by Gasteiger charge is 2.34. The minimum absolute atomic E-state index is 0.776. The number of rotatable bonds is 1. The summed E-state index contributed by atoms with van der Waals surface area (Å²) < 4.78 is 0. The Hall–Kier alpha value is -1.29. The standard InChI is InChI=1S/C14H22N4/c1-17-7-2-3-11-10-18(8-5-13(11)17)14-4-6-16-9-12(14)15/h4,6,9,11,13H,2-3,5,7-8,10,15H2,1H3. The molecule has 4 heteroatoms. The van der Waals surface area contributed by atoms with Gasteiger partial charge in [0, 0.05) is 25.3 Å². The molecule has 2 fully saturated rings. The molecule has 98 valence electrons. The number of nitrogens with zero attached hydrogens (tertiary/aromatic N) is 3. The van der Waals surface area contributed by atoms with Crippen molar-refractivity contribution >= 4 is 11.4 Å². The topological polar surface area (TPSA) is 45.4 Å². The molecule has 0 amide bonds. The molecule has 4 nitrogen and oxygen atoms in total. The van der Waals surface area contributed by atoms with Crippen LogP contribution in [0.3, 0.4) is 0 Å². The van der Waals surface area contributed by atoms with Crippen LogP contribution in [0.2, 0.25) is 0 Å². The smallest absolute Gasteiger partial charge is 0.0738 e. The summed E-state index contributed by atoms with van der Waals surface area (Å²) in [5.74, 6) is 0.796. The van der Waals surface area contributed by atoms with Gasteiger partial charge in [-0.25, -0.2) is 0 Å². The number of hydrogen-bond donors (Lipinski definition) is 1. The van der Waals surface area contributed by atoms with Gasteiger partial charge in [-0.1, -0.05) is 0 Å². The van der Waals surface area contributed by atoms with Crippen LogP contribution >= 0.6 is 0 Å². The van der Waals surface area contributed by atoms with E-state index in [1.165, 1.54) is 25.8 Å². The molecular weight excluding hydrogens is 224 g/mol. The maximum Gasteiger partial charge on any atom is 0.0738 e. The van der Waals surface area contributed by atoms with Crippen LogP contribution in [0, 0.1) is 5.92 Å². The fraction of sp³-hybridized carbons (Fsp3) is 0.643. The van der Waals surface area contributed by atoms with Crippen molar-refractivity contribution < 1.29 is 0 Å². The zero-order valence-corrected chi connectivity index (χ0v) is 11.0. The fourth-order valence-corrected chi connectivity index (χ4v) is 3.56. The Morgan fingerprint density at radius 3 is 3.06 bits per heavy atom. The van der Waals surface area contributed by atoms with Gasteiger partial charge in [0.1, 0.15) is 0 Å². The van der Waals surface area contributed by atoms with Crippen LogP contribution in [0.15, 0.2) is 18.5 Å². The van der Waals surface area contributed by atoms with Gasteiger partial charge in [0.2, 0.25) is 0 Å². The Morgan fingerprint density at radius 1 is 1.33 bits per heavy atom. The fourth-order valence-electron chi connectivity index (χ4n) is 3.56. The lowest BCUT2D eigenvalue weighted by atomic mass is 9.84. The van der Waals surface area contributed by atoms with Crippen LogP contribution in [0.1, 0.15) is 19.3 Å². The summed E-state index contributed by atoms with van der Waals surface area (Å²) in [6, 6.07) is 2.82. The number of anilines is 2. The van der Waals surface area contributed by atoms with Crippen LogP contribution in [0.25, 0.3) is 0 Å². The van der Waals surface area contributed by atoms with Crippen molar-refractivity contribution in [3.63, 3.8) is 0 Å². The van der Waals surface area contributed by atoms with Gasteiger partial charge in [0.05, 0.1) is 17.6 Å². The third kappa shape index (κ3) is 2.05. The minimum atomic E-state index is 0.776. The first-order valence-corrected chi connectivity index (χ1v) is 6.90. The number of fused-ring (bicyclic) bond motifs is 1. The minimum Gasteiger partial charge on any atom is -0.396 e. The third-order valence-corrected chi connectivity index (χ3v) is 4.51. The number of piperidine rings is 2. The molecule has 2 unspecified atom stereocenters. The van der Waals surface area contributed by atoms with Gasteiger partial charge in [0.15, 0.2) is 0 Å². The van der Waals surface area contributed by atoms with E-state index in [0.717, 1.165) is 36.4 Å². The zero-order chi connectivity index (χ0) is 12.5. The van der Waals surface area contributed by atoms with E-state index in [0.29, 0.717) is 0 Å². The molecule has 0 aliphatic carbocycles. The number of nitrogens with two attached hydrogens (primary N) is 1. The Labute approximate surface area is 109 Å². The molecule has 1 aromatic heterocycles. The summed E-state index contributed by atoms with van der Waals surface area (Å²) in [5, 5.41) is 0. The van der Waals surface area contributed by atoms with Gasteiger partial charge >= 0.3 is 0 Å². The Kier molecular flexibility index (Phi) is 3.12. The van der Waals surface area contributed by atoms with Crippen LogP contribution < -0.4 is 10.6 Å². The predicted molar refractivity (Wildman–Crippen MR) is 74.6 cm³/mol. The molecule has 0 spiro atoms. The summed E-state index contributed by atoms with van der Waals surface area (Å²) in [6.07, 6.45) is 7.54. The highest BCUT2D eigenvalue weighted by atomic mass is 15.2. The highest BCUT2D eigenvalue weighted by Crippen LogP contribution is 2.33. The lowest BCUT2D eigenvalue weighted by molar-refractivity contribution is 0.102. The van der Waals surface area contributed by atoms with E-state index >= 15 is 0 Å². The van der Waals surface area contributed by atoms with Crippen LogP contribution in [0.4, 0.5) is 11.4 Å². The van der Waals surface area contributed by atoms with Crippen LogP contribution in [-0.4, -0.2) is 42.6 Å². The molecule has 0 aromatic carbocycles. The molecule has 0 radical (unpaired) electrons. The second-order valence-corrected chi connectivity index (χ2v) is 5.62. The SMILES string of the molecule is CN1CCCC2CN(c3ccncc3N)CCC21. The van der Waals surface area contributed by atoms with Crippen molar-refractivity contribution in [2.45, 2.75) is 25.3 Å². The maximum absolute atomic E-state index is 6.03. The first-order valence-electron chi connectivity index (χ1n) is 6.90. The lowest BCUT2D eigenvalue weighted by Gasteiger charge is -2.46. The summed E-state index contributed by atoms with van der Waals surface area (Å²) in [7, 11) is 2.27. The molecule has 1 aromatic rings. The largest absolute Gasteiger partial charge is 0.396 e. The Morgan fingerprint density at radius 2 is 2.22 bits per heavy atom. The van der Waals surface area contributed by atoms with E-state index in [2.05, 4.69) is 21.8 Å². The Balaban J connectivity index is 1.76. The summed E-state index contributed by atoms with van der Waals surface area (Å²) >= 11 is 0. The van der Waals surface area contributed by atoms with E-state index < -0.39 is 0 Å². The van der Waals surface area contributed by atoms with Crippen molar-refractivity contribution in [2.75, 3.05) is 37.3 Å². The lowest BCUT2D eigenvalue weighted by Crippen LogP contribution is -2.52. The number of likely N-dealkylation sites (tertiary alicyclic amines) is 1. The number of pyridine rings is 1. The molecule has 0 bridgehead atoms. The van der Waals surface area contributed by atoms with Gasteiger partial charge in [0.25, 0.3) is 0 Å². The molecule has 3 rings (SSSR count). The average Bonchev–Trinajstić information content (AvgIpc) is 2.39. The van der Waals surface area contributed by atoms with Gasteiger partial charge in [-0.15, -0.1) is 0 Å². The molecule has 3 heterocycles. The summed E-state index contributed by atoms with van der Waals surface area (Å²) in [5.41, 5.74) is 8.00. The summed E-state index contributed by atoms with van der Waals surface area (Å²) in [4.78, 5) is 9.06. The van der Waals surface area contributed by atoms with E-state index in [-0.39, 0.29) is 0 Å². The maximum atomic E-state index is 6.03. The zero-order valence-electron chi connectivity index (χ0n) is 11.0. The number of aromatic nitrogens is 1. The van der Waals surface area contributed by atoms with E-state index in [1.807, 2.05) is 12.3 Å². The molecule has 18 heavy (non-hydrogen) atoms. The molecule has 0 saturated carbocycles. The molecule has 2 aliphatic heterocycles. The second-order valence-electron chi connectivity index (χ2n) is 5.62. The van der Waals surface area contributed by atoms with Gasteiger partial charge in [-0.3, -0.25) is 4.98 Å². The van der Waals surface area contributed by atoms with Crippen LogP contribution in [0.5, 0.6) is 0 Å². The van der Waals surface area contributed by atoms with Crippen molar-refractivity contribution in [2.24, 2.45) is 5.92 Å². The number of nitrogen functional groups attached to an aromatic ring is 1. The quantitative estimate of drug-likeness (QED) is 0.817. The first-order chi connectivity index (χ1) is 8.75.